The highest BCUT2D eigenvalue weighted by Gasteiger charge is 2.24. The van der Waals surface area contributed by atoms with Gasteiger partial charge >= 0.3 is 0 Å². The van der Waals surface area contributed by atoms with Crippen LogP contribution in [0.4, 0.5) is 0 Å². The molecule has 1 aliphatic rings. The number of aromatic nitrogens is 1. The molecule has 0 aliphatic carbocycles. The molecule has 112 valence electrons. The van der Waals surface area contributed by atoms with E-state index in [1.54, 1.807) is 18.3 Å². The third kappa shape index (κ3) is 4.28. The quantitative estimate of drug-likeness (QED) is 0.845. The molecule has 0 spiro atoms. The first-order valence-electron chi connectivity index (χ1n) is 7.21. The predicted molar refractivity (Wildman–Crippen MR) is 78.8 cm³/mol. The van der Waals surface area contributed by atoms with E-state index >= 15 is 0 Å². The fraction of sp³-hybridized carbons (Fsp3) is 0.500. The summed E-state index contributed by atoms with van der Waals surface area (Å²) in [5, 5.41) is 8.64. The van der Waals surface area contributed by atoms with Gasteiger partial charge < -0.3 is 14.7 Å². The highest BCUT2D eigenvalue weighted by Crippen LogP contribution is 2.15. The molecule has 5 nitrogen and oxygen atoms in total. The fourth-order valence-corrected chi connectivity index (χ4v) is 2.36. The molecule has 0 saturated carbocycles. The summed E-state index contributed by atoms with van der Waals surface area (Å²) in [7, 11) is 0. The van der Waals surface area contributed by atoms with Crippen LogP contribution in [0.1, 0.15) is 35.8 Å². The van der Waals surface area contributed by atoms with Gasteiger partial charge in [0.15, 0.2) is 0 Å². The van der Waals surface area contributed by atoms with Crippen molar-refractivity contribution in [1.82, 2.24) is 9.88 Å². The number of rotatable bonds is 3. The van der Waals surface area contributed by atoms with Gasteiger partial charge in [0, 0.05) is 31.5 Å². The minimum absolute atomic E-state index is 0.0494. The van der Waals surface area contributed by atoms with Gasteiger partial charge in [-0.3, -0.25) is 4.79 Å². The number of amides is 1. The lowest BCUT2D eigenvalue weighted by Gasteiger charge is -2.31. The minimum Gasteiger partial charge on any atom is -0.384 e. The average Bonchev–Trinajstić information content (AvgIpc) is 2.54. The Hall–Kier alpha value is -1.90. The molecule has 2 heterocycles. The molecule has 21 heavy (non-hydrogen) atoms. The second-order valence-corrected chi connectivity index (χ2v) is 4.84. The van der Waals surface area contributed by atoms with Crippen LogP contribution in [0.5, 0.6) is 0 Å². The van der Waals surface area contributed by atoms with Gasteiger partial charge in [-0.1, -0.05) is 11.8 Å². The number of aliphatic hydroxyl groups is 1. The normalized spacial score (nSPS) is 15.4. The number of piperidine rings is 1. The van der Waals surface area contributed by atoms with Crippen LogP contribution in [-0.4, -0.2) is 53.3 Å². The SMILES string of the molecule is CCOC1CCN(C(=O)c2ccc(C#CCO)cn2)CC1. The lowest BCUT2D eigenvalue weighted by molar-refractivity contribution is 0.0144. The maximum atomic E-state index is 12.3. The summed E-state index contributed by atoms with van der Waals surface area (Å²) in [4.78, 5) is 18.3. The Balaban J connectivity index is 1.94. The van der Waals surface area contributed by atoms with Gasteiger partial charge in [-0.05, 0) is 31.9 Å². The van der Waals surface area contributed by atoms with Gasteiger partial charge in [0.05, 0.1) is 6.10 Å². The maximum Gasteiger partial charge on any atom is 0.272 e. The highest BCUT2D eigenvalue weighted by atomic mass is 16.5. The fourth-order valence-electron chi connectivity index (χ4n) is 2.36. The lowest BCUT2D eigenvalue weighted by Crippen LogP contribution is -2.41. The number of pyridine rings is 1. The van der Waals surface area contributed by atoms with E-state index in [-0.39, 0.29) is 18.6 Å². The third-order valence-electron chi connectivity index (χ3n) is 3.43. The first-order chi connectivity index (χ1) is 10.2. The Labute approximate surface area is 124 Å². The van der Waals surface area contributed by atoms with E-state index in [0.29, 0.717) is 24.3 Å². The molecule has 5 heteroatoms. The molecule has 1 aromatic rings. The van der Waals surface area contributed by atoms with Crippen molar-refractivity contribution in [2.75, 3.05) is 26.3 Å². The first kappa shape index (κ1) is 15.5. The molecule has 0 radical (unpaired) electrons. The van der Waals surface area contributed by atoms with E-state index in [4.69, 9.17) is 9.84 Å². The van der Waals surface area contributed by atoms with Crippen molar-refractivity contribution in [2.45, 2.75) is 25.9 Å². The van der Waals surface area contributed by atoms with Crippen molar-refractivity contribution in [2.24, 2.45) is 0 Å². The van der Waals surface area contributed by atoms with Crippen LogP contribution in [0, 0.1) is 11.8 Å². The molecule has 0 bridgehead atoms. The van der Waals surface area contributed by atoms with Crippen LogP contribution >= 0.6 is 0 Å². The lowest BCUT2D eigenvalue weighted by atomic mass is 10.1. The smallest absolute Gasteiger partial charge is 0.272 e. The number of aliphatic hydroxyl groups excluding tert-OH is 1. The highest BCUT2D eigenvalue weighted by molar-refractivity contribution is 5.92. The zero-order valence-electron chi connectivity index (χ0n) is 12.2. The molecule has 1 saturated heterocycles. The summed E-state index contributed by atoms with van der Waals surface area (Å²) in [6.07, 6.45) is 3.57. The van der Waals surface area contributed by atoms with Gasteiger partial charge in [-0.2, -0.15) is 0 Å². The molecule has 1 N–H and O–H groups in total. The number of hydrogen-bond acceptors (Lipinski definition) is 4. The van der Waals surface area contributed by atoms with Gasteiger partial charge in [0.25, 0.3) is 5.91 Å². The largest absolute Gasteiger partial charge is 0.384 e. The van der Waals surface area contributed by atoms with E-state index in [1.807, 2.05) is 11.8 Å². The number of carbonyl (C=O) groups excluding carboxylic acids is 1. The van der Waals surface area contributed by atoms with Crippen LogP contribution in [0.25, 0.3) is 0 Å². The van der Waals surface area contributed by atoms with Gasteiger partial charge in [0.2, 0.25) is 0 Å². The summed E-state index contributed by atoms with van der Waals surface area (Å²) in [5.41, 5.74) is 1.12. The van der Waals surface area contributed by atoms with Crippen LogP contribution in [-0.2, 0) is 4.74 Å². The summed E-state index contributed by atoms with van der Waals surface area (Å²) < 4.78 is 5.58. The van der Waals surface area contributed by atoms with Crippen LogP contribution in [0.3, 0.4) is 0 Å². The Kier molecular flexibility index (Phi) is 5.73. The summed E-state index contributed by atoms with van der Waals surface area (Å²) >= 11 is 0. The molecule has 0 atom stereocenters. The second kappa shape index (κ2) is 7.77. The molecule has 0 aromatic carbocycles. The topological polar surface area (TPSA) is 62.7 Å². The molecular weight excluding hydrogens is 268 g/mol. The predicted octanol–water partition coefficient (Wildman–Crippen LogP) is 1.07. The number of carbonyl (C=O) groups is 1. The van der Waals surface area contributed by atoms with Crippen molar-refractivity contribution in [3.8, 4) is 11.8 Å². The van der Waals surface area contributed by atoms with E-state index in [0.717, 1.165) is 19.4 Å². The Bertz CT molecular complexity index is 523. The maximum absolute atomic E-state index is 12.3. The molecular formula is C16H20N2O3. The van der Waals surface area contributed by atoms with Gasteiger partial charge in [-0.25, -0.2) is 4.98 Å². The van der Waals surface area contributed by atoms with Crippen molar-refractivity contribution in [1.29, 1.82) is 0 Å². The van der Waals surface area contributed by atoms with Crippen molar-refractivity contribution in [3.63, 3.8) is 0 Å². The molecule has 1 amide bonds. The molecule has 1 fully saturated rings. The van der Waals surface area contributed by atoms with E-state index in [9.17, 15) is 4.79 Å². The Morgan fingerprint density at radius 3 is 2.81 bits per heavy atom. The van der Waals surface area contributed by atoms with Crippen LogP contribution in [0.15, 0.2) is 18.3 Å². The number of likely N-dealkylation sites (tertiary alicyclic amines) is 1. The zero-order chi connectivity index (χ0) is 15.1. The van der Waals surface area contributed by atoms with Crippen molar-refractivity contribution < 1.29 is 14.6 Å². The average molecular weight is 288 g/mol. The first-order valence-corrected chi connectivity index (χ1v) is 7.21. The Morgan fingerprint density at radius 1 is 1.48 bits per heavy atom. The van der Waals surface area contributed by atoms with Crippen molar-refractivity contribution in [3.05, 3.63) is 29.6 Å². The third-order valence-corrected chi connectivity index (χ3v) is 3.43. The second-order valence-electron chi connectivity index (χ2n) is 4.84. The standard InChI is InChI=1S/C16H20N2O3/c1-2-21-14-7-9-18(10-8-14)16(20)15-6-5-13(12-17-15)4-3-11-19/h5-6,12,14,19H,2,7-11H2,1H3. The van der Waals surface area contributed by atoms with Crippen molar-refractivity contribution >= 4 is 5.91 Å². The molecule has 1 aromatic heterocycles. The Morgan fingerprint density at radius 2 is 2.24 bits per heavy atom. The number of ether oxygens (including phenoxy) is 1. The summed E-state index contributed by atoms with van der Waals surface area (Å²) in [5.74, 6) is 5.26. The number of nitrogens with zero attached hydrogens (tertiary/aromatic N) is 2. The van der Waals surface area contributed by atoms with Gasteiger partial charge in [0.1, 0.15) is 12.3 Å². The number of hydrogen-bond donors (Lipinski definition) is 1. The summed E-state index contributed by atoms with van der Waals surface area (Å²) in [6, 6.07) is 3.42. The van der Waals surface area contributed by atoms with E-state index in [1.165, 1.54) is 0 Å². The van der Waals surface area contributed by atoms with E-state index < -0.39 is 0 Å². The molecule has 1 aliphatic heterocycles. The monoisotopic (exact) mass is 288 g/mol. The minimum atomic E-state index is -0.185. The van der Waals surface area contributed by atoms with Crippen LogP contribution < -0.4 is 0 Å². The van der Waals surface area contributed by atoms with E-state index in [2.05, 4.69) is 16.8 Å². The molecule has 0 unspecified atom stereocenters. The zero-order valence-corrected chi connectivity index (χ0v) is 12.2. The summed E-state index contributed by atoms with van der Waals surface area (Å²) in [6.45, 7) is 3.93. The molecule has 2 rings (SSSR count). The van der Waals surface area contributed by atoms with Crippen LogP contribution in [0.2, 0.25) is 0 Å². The van der Waals surface area contributed by atoms with Gasteiger partial charge in [-0.15, -0.1) is 0 Å².